The van der Waals surface area contributed by atoms with Crippen LogP contribution in [0.25, 0.3) is 11.3 Å². The molecule has 0 aliphatic carbocycles. The second-order valence-corrected chi connectivity index (χ2v) is 3.94. The van der Waals surface area contributed by atoms with E-state index in [1.54, 1.807) is 12.5 Å². The number of aromatic nitrogens is 2. The highest BCUT2D eigenvalue weighted by molar-refractivity contribution is 5.69. The molecule has 0 saturated carbocycles. The number of imidazole rings is 1. The number of nitrogens with two attached hydrogens (primary N) is 1. The van der Waals surface area contributed by atoms with Gasteiger partial charge in [0.15, 0.2) is 0 Å². The molecule has 0 saturated heterocycles. The van der Waals surface area contributed by atoms with Gasteiger partial charge in [0.1, 0.15) is 11.9 Å². The maximum Gasteiger partial charge on any atom is 0.132 e. The first-order valence-corrected chi connectivity index (χ1v) is 5.36. The molecule has 3 rings (SSSR count). The van der Waals surface area contributed by atoms with E-state index in [-0.39, 0.29) is 6.10 Å². The van der Waals surface area contributed by atoms with Crippen molar-refractivity contribution in [2.24, 2.45) is 5.73 Å². The number of rotatable bonds is 2. The Morgan fingerprint density at radius 3 is 3.19 bits per heavy atom. The number of nitrogens with one attached hydrogen (secondary N) is 1. The Morgan fingerprint density at radius 2 is 2.44 bits per heavy atom. The summed E-state index contributed by atoms with van der Waals surface area (Å²) in [5, 5.41) is 0. The van der Waals surface area contributed by atoms with Crippen LogP contribution < -0.4 is 10.5 Å². The zero-order chi connectivity index (χ0) is 11.0. The Labute approximate surface area is 93.5 Å². The van der Waals surface area contributed by atoms with Crippen LogP contribution in [0.15, 0.2) is 30.7 Å². The third kappa shape index (κ3) is 1.39. The van der Waals surface area contributed by atoms with Crippen molar-refractivity contribution >= 4 is 0 Å². The quantitative estimate of drug-likeness (QED) is 0.794. The van der Waals surface area contributed by atoms with Crippen LogP contribution in [0, 0.1) is 0 Å². The lowest BCUT2D eigenvalue weighted by molar-refractivity contribution is 0.242. The van der Waals surface area contributed by atoms with Gasteiger partial charge in [-0.25, -0.2) is 4.98 Å². The second-order valence-electron chi connectivity index (χ2n) is 3.94. The van der Waals surface area contributed by atoms with Gasteiger partial charge in [-0.2, -0.15) is 0 Å². The average molecular weight is 215 g/mol. The van der Waals surface area contributed by atoms with Crippen molar-refractivity contribution in [2.75, 3.05) is 6.54 Å². The van der Waals surface area contributed by atoms with E-state index in [1.807, 2.05) is 12.1 Å². The molecule has 1 aliphatic rings. The molecule has 82 valence electrons. The second kappa shape index (κ2) is 3.64. The monoisotopic (exact) mass is 215 g/mol. The maximum atomic E-state index is 5.84. The van der Waals surface area contributed by atoms with Crippen molar-refractivity contribution in [3.05, 3.63) is 36.3 Å². The summed E-state index contributed by atoms with van der Waals surface area (Å²) in [7, 11) is 0. The Bertz CT molecular complexity index is 493. The van der Waals surface area contributed by atoms with Gasteiger partial charge in [0, 0.05) is 18.5 Å². The van der Waals surface area contributed by atoms with Gasteiger partial charge in [-0.05, 0) is 11.6 Å². The third-order valence-electron chi connectivity index (χ3n) is 2.88. The Morgan fingerprint density at radius 1 is 1.50 bits per heavy atom. The van der Waals surface area contributed by atoms with Crippen LogP contribution >= 0.6 is 0 Å². The van der Waals surface area contributed by atoms with Crippen LogP contribution in [0.2, 0.25) is 0 Å². The Kier molecular flexibility index (Phi) is 2.15. The minimum absolute atomic E-state index is 0.110. The van der Waals surface area contributed by atoms with Crippen molar-refractivity contribution in [2.45, 2.75) is 12.5 Å². The number of fused-ring (bicyclic) bond motifs is 1. The third-order valence-corrected chi connectivity index (χ3v) is 2.88. The number of H-pyrrole nitrogens is 1. The number of para-hydroxylation sites is 1. The lowest BCUT2D eigenvalue weighted by Gasteiger charge is -2.09. The van der Waals surface area contributed by atoms with Crippen molar-refractivity contribution in [1.82, 2.24) is 9.97 Å². The maximum absolute atomic E-state index is 5.84. The van der Waals surface area contributed by atoms with Crippen molar-refractivity contribution in [3.8, 4) is 17.0 Å². The van der Waals surface area contributed by atoms with Crippen LogP contribution in [0.1, 0.15) is 5.56 Å². The number of ether oxygens (including phenoxy) is 1. The molecule has 1 aliphatic heterocycles. The first-order valence-electron chi connectivity index (χ1n) is 5.36. The highest BCUT2D eigenvalue weighted by atomic mass is 16.5. The van der Waals surface area contributed by atoms with Gasteiger partial charge < -0.3 is 15.5 Å². The number of aromatic amines is 1. The van der Waals surface area contributed by atoms with Gasteiger partial charge in [-0.1, -0.05) is 12.1 Å². The summed E-state index contributed by atoms with van der Waals surface area (Å²) in [6.07, 6.45) is 4.48. The summed E-state index contributed by atoms with van der Waals surface area (Å²) in [5.74, 6) is 0.946. The van der Waals surface area contributed by atoms with Crippen LogP contribution in [0.3, 0.4) is 0 Å². The van der Waals surface area contributed by atoms with Gasteiger partial charge in [-0.15, -0.1) is 0 Å². The fourth-order valence-electron chi connectivity index (χ4n) is 2.09. The number of nitrogens with zero attached hydrogens (tertiary/aromatic N) is 1. The average Bonchev–Trinajstić information content (AvgIpc) is 2.97. The van der Waals surface area contributed by atoms with Crippen LogP contribution in [-0.2, 0) is 6.42 Å². The van der Waals surface area contributed by atoms with Crippen LogP contribution in [-0.4, -0.2) is 22.6 Å². The smallest absolute Gasteiger partial charge is 0.132 e. The van der Waals surface area contributed by atoms with Crippen molar-refractivity contribution in [3.63, 3.8) is 0 Å². The highest BCUT2D eigenvalue weighted by Crippen LogP contribution is 2.37. The molecule has 16 heavy (non-hydrogen) atoms. The Balaban J connectivity index is 2.07. The molecule has 1 atom stereocenters. The summed E-state index contributed by atoms with van der Waals surface area (Å²) in [6.45, 7) is 0.553. The molecule has 2 heterocycles. The zero-order valence-electron chi connectivity index (χ0n) is 8.81. The molecule has 1 unspecified atom stereocenters. The van der Waals surface area contributed by atoms with Crippen molar-refractivity contribution in [1.29, 1.82) is 0 Å². The highest BCUT2D eigenvalue weighted by Gasteiger charge is 2.24. The fourth-order valence-corrected chi connectivity index (χ4v) is 2.09. The van der Waals surface area contributed by atoms with E-state index in [2.05, 4.69) is 16.0 Å². The number of benzene rings is 1. The van der Waals surface area contributed by atoms with E-state index in [4.69, 9.17) is 10.5 Å². The summed E-state index contributed by atoms with van der Waals surface area (Å²) in [4.78, 5) is 7.12. The van der Waals surface area contributed by atoms with Crippen molar-refractivity contribution < 1.29 is 4.74 Å². The molecule has 2 aromatic rings. The first kappa shape index (κ1) is 9.42. The van der Waals surface area contributed by atoms with E-state index in [0.29, 0.717) is 6.54 Å². The van der Waals surface area contributed by atoms with E-state index in [1.165, 1.54) is 5.56 Å². The predicted octanol–water partition coefficient (Wildman–Crippen LogP) is 1.34. The molecule has 3 N–H and O–H groups in total. The lowest BCUT2D eigenvalue weighted by atomic mass is 10.0. The predicted molar refractivity (Wildman–Crippen MR) is 61.2 cm³/mol. The van der Waals surface area contributed by atoms with Crippen LogP contribution in [0.4, 0.5) is 0 Å². The molecule has 0 radical (unpaired) electrons. The SMILES string of the molecule is NCC1Cc2cccc(-c3cnc[nH]3)c2O1. The standard InChI is InChI=1S/C12H13N3O/c13-5-9-4-8-2-1-3-10(12(8)16-9)11-6-14-7-15-11/h1-3,6-7,9H,4-5,13H2,(H,14,15). The molecule has 0 bridgehead atoms. The largest absolute Gasteiger partial charge is 0.488 e. The topological polar surface area (TPSA) is 63.9 Å². The van der Waals surface area contributed by atoms with Gasteiger partial charge in [0.2, 0.25) is 0 Å². The molecule has 1 aromatic carbocycles. The molecule has 4 nitrogen and oxygen atoms in total. The molecule has 4 heteroatoms. The number of hydrogen-bond acceptors (Lipinski definition) is 3. The molecular weight excluding hydrogens is 202 g/mol. The Hall–Kier alpha value is -1.81. The van der Waals surface area contributed by atoms with E-state index in [9.17, 15) is 0 Å². The summed E-state index contributed by atoms with van der Waals surface area (Å²) >= 11 is 0. The van der Waals surface area contributed by atoms with Gasteiger partial charge >= 0.3 is 0 Å². The molecule has 0 fully saturated rings. The summed E-state index contributed by atoms with van der Waals surface area (Å²) in [5.41, 5.74) is 8.90. The first-order chi connectivity index (χ1) is 7.88. The van der Waals surface area contributed by atoms with Crippen LogP contribution in [0.5, 0.6) is 5.75 Å². The number of hydrogen-bond donors (Lipinski definition) is 2. The zero-order valence-corrected chi connectivity index (χ0v) is 8.81. The lowest BCUT2D eigenvalue weighted by Crippen LogP contribution is -2.24. The molecule has 1 aromatic heterocycles. The van der Waals surface area contributed by atoms with E-state index in [0.717, 1.165) is 23.4 Å². The molecular formula is C12H13N3O. The normalized spacial score (nSPS) is 18.2. The van der Waals surface area contributed by atoms with Gasteiger partial charge in [0.05, 0.1) is 18.2 Å². The van der Waals surface area contributed by atoms with E-state index < -0.39 is 0 Å². The minimum atomic E-state index is 0.110. The minimum Gasteiger partial charge on any atom is -0.488 e. The molecule has 0 spiro atoms. The summed E-state index contributed by atoms with van der Waals surface area (Å²) < 4.78 is 5.84. The molecule has 0 amide bonds. The van der Waals surface area contributed by atoms with E-state index >= 15 is 0 Å². The van der Waals surface area contributed by atoms with Gasteiger partial charge in [0.25, 0.3) is 0 Å². The fraction of sp³-hybridized carbons (Fsp3) is 0.250. The summed E-state index contributed by atoms with van der Waals surface area (Å²) in [6, 6.07) is 6.16. The van der Waals surface area contributed by atoms with Gasteiger partial charge in [-0.3, -0.25) is 0 Å².